The van der Waals surface area contributed by atoms with E-state index in [9.17, 15) is 15.3 Å². The van der Waals surface area contributed by atoms with Crippen LogP contribution in [0.5, 0.6) is 0 Å². The van der Waals surface area contributed by atoms with Gasteiger partial charge >= 0.3 is 0 Å². The summed E-state index contributed by atoms with van der Waals surface area (Å²) in [4.78, 5) is 0. The molecule has 0 radical (unpaired) electrons. The number of rotatable bonds is 2. The van der Waals surface area contributed by atoms with Crippen LogP contribution < -0.4 is 0 Å². The second-order valence-corrected chi connectivity index (χ2v) is 7.63. The van der Waals surface area contributed by atoms with E-state index in [0.717, 1.165) is 37.7 Å². The smallest absolute Gasteiger partial charge is 0.0733 e. The molecular weight excluding hydrogens is 276 g/mol. The van der Waals surface area contributed by atoms with Gasteiger partial charge in [-0.15, -0.1) is 0 Å². The van der Waals surface area contributed by atoms with Crippen molar-refractivity contribution in [1.82, 2.24) is 0 Å². The van der Waals surface area contributed by atoms with Crippen LogP contribution in [0.15, 0.2) is 34.9 Å². The molecule has 0 heterocycles. The van der Waals surface area contributed by atoms with Gasteiger partial charge in [0.25, 0.3) is 0 Å². The monoisotopic (exact) mass is 304 g/mol. The molecule has 3 heteroatoms. The van der Waals surface area contributed by atoms with Gasteiger partial charge < -0.3 is 15.3 Å². The van der Waals surface area contributed by atoms with Crippen LogP contribution >= 0.6 is 0 Å². The first-order valence-electron chi connectivity index (χ1n) is 8.53. The Morgan fingerprint density at radius 3 is 2.68 bits per heavy atom. The third-order valence-corrected chi connectivity index (χ3v) is 6.06. The quantitative estimate of drug-likeness (QED) is 0.735. The Labute approximate surface area is 133 Å². The summed E-state index contributed by atoms with van der Waals surface area (Å²) in [6.07, 6.45) is 10.2. The highest BCUT2D eigenvalue weighted by molar-refractivity contribution is 5.37. The third kappa shape index (κ3) is 2.82. The number of aliphatic hydroxyl groups excluding tert-OH is 3. The second kappa shape index (κ2) is 5.95. The maximum Gasteiger partial charge on any atom is 0.0733 e. The maximum absolute atomic E-state index is 10.3. The van der Waals surface area contributed by atoms with Gasteiger partial charge in [0.15, 0.2) is 0 Å². The number of hydrogen-bond donors (Lipinski definition) is 3. The molecule has 3 N–H and O–H groups in total. The Kier molecular flexibility index (Phi) is 4.32. The molecule has 0 amide bonds. The van der Waals surface area contributed by atoms with Crippen LogP contribution in [0.3, 0.4) is 0 Å². The van der Waals surface area contributed by atoms with E-state index in [4.69, 9.17) is 0 Å². The maximum atomic E-state index is 10.3. The molecule has 0 spiro atoms. The van der Waals surface area contributed by atoms with Gasteiger partial charge in [-0.05, 0) is 62.5 Å². The van der Waals surface area contributed by atoms with Gasteiger partial charge in [0.05, 0.1) is 18.3 Å². The van der Waals surface area contributed by atoms with E-state index in [1.807, 2.05) is 6.08 Å². The minimum atomic E-state index is -0.472. The first kappa shape index (κ1) is 16.0. The summed E-state index contributed by atoms with van der Waals surface area (Å²) in [6, 6.07) is 0. The van der Waals surface area contributed by atoms with E-state index in [1.54, 1.807) is 0 Å². The van der Waals surface area contributed by atoms with E-state index >= 15 is 0 Å². The molecule has 5 atom stereocenters. The summed E-state index contributed by atoms with van der Waals surface area (Å²) in [5.41, 5.74) is 3.52. The fraction of sp³-hybridized carbons (Fsp3) is 0.684. The molecule has 3 nitrogen and oxygen atoms in total. The second-order valence-electron chi connectivity index (χ2n) is 7.63. The van der Waals surface area contributed by atoms with Crippen LogP contribution in [0.1, 0.15) is 52.4 Å². The van der Waals surface area contributed by atoms with Crippen molar-refractivity contribution in [3.63, 3.8) is 0 Å². The van der Waals surface area contributed by atoms with Crippen LogP contribution in [-0.2, 0) is 0 Å². The molecule has 1 saturated carbocycles. The molecule has 122 valence electrons. The Morgan fingerprint density at radius 1 is 1.14 bits per heavy atom. The molecule has 1 fully saturated rings. The fourth-order valence-corrected chi connectivity index (χ4v) is 4.54. The minimum absolute atomic E-state index is 0.205. The summed E-state index contributed by atoms with van der Waals surface area (Å²) in [5.74, 6) is 0.330. The SMILES string of the molecule is CC1=C(C=CC2=C[C@@H](O)C[C@]3(C)[C@H](O)CC[C@@H]23)C[C@@H](O)CC1. The summed E-state index contributed by atoms with van der Waals surface area (Å²) in [6.45, 7) is 4.24. The number of allylic oxidation sites excluding steroid dienone is 4. The van der Waals surface area contributed by atoms with Crippen LogP contribution in [-0.4, -0.2) is 33.6 Å². The molecule has 0 bridgehead atoms. The van der Waals surface area contributed by atoms with Crippen LogP contribution in [0.25, 0.3) is 0 Å². The van der Waals surface area contributed by atoms with Gasteiger partial charge in [-0.25, -0.2) is 0 Å². The number of fused-ring (bicyclic) bond motifs is 1. The fourth-order valence-electron chi connectivity index (χ4n) is 4.54. The van der Waals surface area contributed by atoms with E-state index < -0.39 is 6.10 Å². The summed E-state index contributed by atoms with van der Waals surface area (Å²) in [5, 5.41) is 30.3. The van der Waals surface area contributed by atoms with Gasteiger partial charge in [-0.1, -0.05) is 30.7 Å². The summed E-state index contributed by atoms with van der Waals surface area (Å²) >= 11 is 0. The van der Waals surface area contributed by atoms with E-state index in [2.05, 4.69) is 26.0 Å². The van der Waals surface area contributed by atoms with Gasteiger partial charge in [0.2, 0.25) is 0 Å². The highest BCUT2D eigenvalue weighted by atomic mass is 16.3. The van der Waals surface area contributed by atoms with Gasteiger partial charge in [0, 0.05) is 5.41 Å². The largest absolute Gasteiger partial charge is 0.393 e. The Hall–Kier alpha value is -0.900. The first-order chi connectivity index (χ1) is 10.4. The molecule has 3 aliphatic carbocycles. The van der Waals surface area contributed by atoms with E-state index in [1.165, 1.54) is 11.1 Å². The molecular formula is C19H28O3. The average Bonchev–Trinajstić information content (AvgIpc) is 2.75. The van der Waals surface area contributed by atoms with Crippen molar-refractivity contribution in [3.05, 3.63) is 34.9 Å². The Bertz CT molecular complexity index is 531. The molecule has 0 aliphatic heterocycles. The zero-order valence-electron chi connectivity index (χ0n) is 13.6. The molecule has 0 aromatic carbocycles. The van der Waals surface area contributed by atoms with Crippen molar-refractivity contribution in [1.29, 1.82) is 0 Å². The number of aliphatic hydroxyl groups is 3. The van der Waals surface area contributed by atoms with Crippen molar-refractivity contribution in [3.8, 4) is 0 Å². The standard InChI is InChI=1S/C19H28O3/c1-12-3-6-15(20)9-13(12)4-5-14-10-16(21)11-19(2)17(14)7-8-18(19)22/h4-5,10,15-18,20-22H,3,6-9,11H2,1-2H3/t15-,16+,17-,18+,19-/m0/s1. The predicted molar refractivity (Wildman–Crippen MR) is 87.2 cm³/mol. The van der Waals surface area contributed by atoms with Crippen LogP contribution in [0.4, 0.5) is 0 Å². The van der Waals surface area contributed by atoms with E-state index in [0.29, 0.717) is 12.3 Å². The lowest BCUT2D eigenvalue weighted by molar-refractivity contribution is 0.00663. The topological polar surface area (TPSA) is 60.7 Å². The molecule has 22 heavy (non-hydrogen) atoms. The lowest BCUT2D eigenvalue weighted by atomic mass is 9.67. The average molecular weight is 304 g/mol. The van der Waals surface area contributed by atoms with Crippen molar-refractivity contribution >= 4 is 0 Å². The molecule has 0 aromatic heterocycles. The lowest BCUT2D eigenvalue weighted by Gasteiger charge is -2.40. The molecule has 0 saturated heterocycles. The zero-order chi connectivity index (χ0) is 15.9. The lowest BCUT2D eigenvalue weighted by Crippen LogP contribution is -2.39. The van der Waals surface area contributed by atoms with Crippen molar-refractivity contribution in [2.45, 2.75) is 70.7 Å². The third-order valence-electron chi connectivity index (χ3n) is 6.06. The molecule has 0 aromatic rings. The van der Waals surface area contributed by atoms with Crippen LogP contribution in [0, 0.1) is 11.3 Å². The van der Waals surface area contributed by atoms with E-state index in [-0.39, 0.29) is 17.6 Å². The number of hydrogen-bond acceptors (Lipinski definition) is 3. The normalized spacial score (nSPS) is 42.7. The van der Waals surface area contributed by atoms with Gasteiger partial charge in [-0.3, -0.25) is 0 Å². The molecule has 0 unspecified atom stereocenters. The van der Waals surface area contributed by atoms with Crippen molar-refractivity contribution in [2.24, 2.45) is 11.3 Å². The predicted octanol–water partition coefficient (Wildman–Crippen LogP) is 2.87. The van der Waals surface area contributed by atoms with Gasteiger partial charge in [-0.2, -0.15) is 0 Å². The molecule has 3 rings (SSSR count). The summed E-state index contributed by atoms with van der Waals surface area (Å²) in [7, 11) is 0. The summed E-state index contributed by atoms with van der Waals surface area (Å²) < 4.78 is 0. The zero-order valence-corrected chi connectivity index (χ0v) is 13.6. The highest BCUT2D eigenvalue weighted by Crippen LogP contribution is 2.52. The van der Waals surface area contributed by atoms with Crippen LogP contribution in [0.2, 0.25) is 0 Å². The highest BCUT2D eigenvalue weighted by Gasteiger charge is 2.49. The van der Waals surface area contributed by atoms with Crippen molar-refractivity contribution in [2.75, 3.05) is 0 Å². The Balaban J connectivity index is 1.84. The molecule has 3 aliphatic rings. The van der Waals surface area contributed by atoms with Gasteiger partial charge in [0.1, 0.15) is 0 Å². The van der Waals surface area contributed by atoms with Crippen molar-refractivity contribution < 1.29 is 15.3 Å². The first-order valence-corrected chi connectivity index (χ1v) is 8.53. The minimum Gasteiger partial charge on any atom is -0.393 e. The Morgan fingerprint density at radius 2 is 1.91 bits per heavy atom.